The van der Waals surface area contributed by atoms with Crippen LogP contribution in [-0.2, 0) is 23.0 Å². The molecule has 0 spiro atoms. The third-order valence-corrected chi connectivity index (χ3v) is 5.39. The van der Waals surface area contributed by atoms with Crippen LogP contribution < -0.4 is 5.32 Å². The van der Waals surface area contributed by atoms with Crippen molar-refractivity contribution in [3.05, 3.63) is 58.9 Å². The SMILES string of the molecule is CCOC(=O)C(Cc1ccccc1)NC(=O)c1cc(C2CC2)nc2c1c(C)nn2C. The number of carbonyl (C=O) groups is 2. The van der Waals surface area contributed by atoms with Crippen molar-refractivity contribution >= 4 is 22.9 Å². The second kappa shape index (κ2) is 8.26. The van der Waals surface area contributed by atoms with Gasteiger partial charge in [0.05, 0.1) is 23.3 Å². The summed E-state index contributed by atoms with van der Waals surface area (Å²) < 4.78 is 6.93. The van der Waals surface area contributed by atoms with Crippen molar-refractivity contribution in [2.24, 2.45) is 7.05 Å². The third-order valence-electron chi connectivity index (χ3n) is 5.39. The van der Waals surface area contributed by atoms with Gasteiger partial charge in [0.15, 0.2) is 5.65 Å². The molecular formula is C23H26N4O3. The lowest BCUT2D eigenvalue weighted by Crippen LogP contribution is -2.43. The average molecular weight is 406 g/mol. The van der Waals surface area contributed by atoms with Gasteiger partial charge in [-0.1, -0.05) is 30.3 Å². The normalized spacial score (nSPS) is 14.5. The molecule has 2 heterocycles. The predicted octanol–water partition coefficient (Wildman–Crippen LogP) is 3.06. The van der Waals surface area contributed by atoms with E-state index in [1.54, 1.807) is 11.6 Å². The molecule has 1 atom stereocenters. The number of esters is 1. The quantitative estimate of drug-likeness (QED) is 0.610. The molecule has 0 saturated heterocycles. The summed E-state index contributed by atoms with van der Waals surface area (Å²) in [6.07, 6.45) is 2.52. The predicted molar refractivity (Wildman–Crippen MR) is 113 cm³/mol. The Morgan fingerprint density at radius 1 is 1.27 bits per heavy atom. The molecule has 156 valence electrons. The number of aromatic nitrogens is 3. The van der Waals surface area contributed by atoms with E-state index < -0.39 is 12.0 Å². The number of ether oxygens (including phenoxy) is 1. The highest BCUT2D eigenvalue weighted by Gasteiger charge is 2.30. The Bertz CT molecular complexity index is 1090. The highest BCUT2D eigenvalue weighted by atomic mass is 16.5. The molecule has 7 heteroatoms. The van der Waals surface area contributed by atoms with E-state index in [1.807, 2.05) is 50.4 Å². The molecule has 0 radical (unpaired) electrons. The first-order valence-corrected chi connectivity index (χ1v) is 10.3. The van der Waals surface area contributed by atoms with E-state index in [1.165, 1.54) is 0 Å². The molecule has 1 saturated carbocycles. The number of amides is 1. The van der Waals surface area contributed by atoms with E-state index >= 15 is 0 Å². The number of pyridine rings is 1. The van der Waals surface area contributed by atoms with Gasteiger partial charge in [0.1, 0.15) is 6.04 Å². The number of hydrogen-bond donors (Lipinski definition) is 1. The Labute approximate surface area is 175 Å². The molecule has 1 N–H and O–H groups in total. The number of hydrogen-bond acceptors (Lipinski definition) is 5. The van der Waals surface area contributed by atoms with E-state index in [0.29, 0.717) is 23.5 Å². The molecule has 4 rings (SSSR count). The van der Waals surface area contributed by atoms with Crippen LogP contribution in [0.3, 0.4) is 0 Å². The summed E-state index contributed by atoms with van der Waals surface area (Å²) in [4.78, 5) is 30.7. The van der Waals surface area contributed by atoms with E-state index in [2.05, 4.69) is 10.4 Å². The van der Waals surface area contributed by atoms with Gasteiger partial charge in [0.2, 0.25) is 0 Å². The summed E-state index contributed by atoms with van der Waals surface area (Å²) in [6, 6.07) is 10.7. The zero-order chi connectivity index (χ0) is 21.3. The smallest absolute Gasteiger partial charge is 0.328 e. The lowest BCUT2D eigenvalue weighted by Gasteiger charge is -2.18. The molecule has 1 fully saturated rings. The Kier molecular flexibility index (Phi) is 5.53. The largest absolute Gasteiger partial charge is 0.464 e. The first kappa shape index (κ1) is 20.1. The molecule has 3 aromatic rings. The molecule has 1 aliphatic rings. The molecule has 1 aromatic carbocycles. The van der Waals surface area contributed by atoms with Gasteiger partial charge in [-0.05, 0) is 38.3 Å². The first-order chi connectivity index (χ1) is 14.5. The summed E-state index contributed by atoms with van der Waals surface area (Å²) >= 11 is 0. The monoisotopic (exact) mass is 406 g/mol. The summed E-state index contributed by atoms with van der Waals surface area (Å²) in [5, 5.41) is 8.08. The van der Waals surface area contributed by atoms with Crippen molar-refractivity contribution in [1.82, 2.24) is 20.1 Å². The fourth-order valence-electron chi connectivity index (χ4n) is 3.75. The highest BCUT2D eigenvalue weighted by molar-refractivity contribution is 6.07. The topological polar surface area (TPSA) is 86.1 Å². The Balaban J connectivity index is 1.68. The number of nitrogens with one attached hydrogen (secondary N) is 1. The van der Waals surface area contributed by atoms with Crippen molar-refractivity contribution < 1.29 is 14.3 Å². The maximum absolute atomic E-state index is 13.3. The Morgan fingerprint density at radius 3 is 2.67 bits per heavy atom. The van der Waals surface area contributed by atoms with Crippen LogP contribution in [0, 0.1) is 6.92 Å². The van der Waals surface area contributed by atoms with Crippen molar-refractivity contribution in [2.45, 2.75) is 45.1 Å². The zero-order valence-electron chi connectivity index (χ0n) is 17.5. The highest BCUT2D eigenvalue weighted by Crippen LogP contribution is 2.40. The maximum Gasteiger partial charge on any atom is 0.328 e. The van der Waals surface area contributed by atoms with E-state index in [4.69, 9.17) is 9.72 Å². The van der Waals surface area contributed by atoms with Crippen LogP contribution >= 0.6 is 0 Å². The molecule has 0 aliphatic heterocycles. The van der Waals surface area contributed by atoms with Gasteiger partial charge >= 0.3 is 5.97 Å². The van der Waals surface area contributed by atoms with Gasteiger partial charge in [-0.2, -0.15) is 5.10 Å². The van der Waals surface area contributed by atoms with Gasteiger partial charge in [0.25, 0.3) is 5.91 Å². The van der Waals surface area contributed by atoms with Crippen molar-refractivity contribution in [1.29, 1.82) is 0 Å². The lowest BCUT2D eigenvalue weighted by molar-refractivity contribution is -0.145. The van der Waals surface area contributed by atoms with Gasteiger partial charge < -0.3 is 10.1 Å². The Morgan fingerprint density at radius 2 is 2.00 bits per heavy atom. The molecule has 1 amide bonds. The van der Waals surface area contributed by atoms with Crippen LogP contribution in [0.5, 0.6) is 0 Å². The van der Waals surface area contributed by atoms with Crippen LogP contribution in [0.25, 0.3) is 11.0 Å². The van der Waals surface area contributed by atoms with Crippen LogP contribution in [0.4, 0.5) is 0 Å². The van der Waals surface area contributed by atoms with Crippen LogP contribution in [0.2, 0.25) is 0 Å². The Hall–Kier alpha value is -3.22. The fourth-order valence-corrected chi connectivity index (χ4v) is 3.75. The van der Waals surface area contributed by atoms with Gasteiger partial charge in [-0.15, -0.1) is 0 Å². The molecule has 30 heavy (non-hydrogen) atoms. The van der Waals surface area contributed by atoms with E-state index in [-0.39, 0.29) is 12.5 Å². The molecule has 1 unspecified atom stereocenters. The number of rotatable bonds is 7. The minimum Gasteiger partial charge on any atom is -0.464 e. The van der Waals surface area contributed by atoms with E-state index in [9.17, 15) is 9.59 Å². The van der Waals surface area contributed by atoms with Crippen LogP contribution in [0.1, 0.15) is 53.0 Å². The second-order valence-electron chi connectivity index (χ2n) is 7.74. The third kappa shape index (κ3) is 4.06. The summed E-state index contributed by atoms with van der Waals surface area (Å²) in [7, 11) is 1.83. The standard InChI is InChI=1S/C23H26N4O3/c1-4-30-23(29)19(12-15-8-6-5-7-9-15)25-22(28)17-13-18(16-10-11-16)24-21-20(17)14(2)26-27(21)3/h5-9,13,16,19H,4,10-12H2,1-3H3,(H,25,28). The minimum absolute atomic E-state index is 0.257. The molecule has 7 nitrogen and oxygen atoms in total. The lowest BCUT2D eigenvalue weighted by atomic mass is 10.0. The fraction of sp³-hybridized carbons (Fsp3) is 0.391. The number of aryl methyl sites for hydroxylation is 2. The molecule has 2 aromatic heterocycles. The number of nitrogens with zero attached hydrogens (tertiary/aromatic N) is 3. The average Bonchev–Trinajstić information content (AvgIpc) is 3.54. The van der Waals surface area contributed by atoms with Crippen molar-refractivity contribution in [3.63, 3.8) is 0 Å². The van der Waals surface area contributed by atoms with Crippen LogP contribution in [0.15, 0.2) is 36.4 Å². The zero-order valence-corrected chi connectivity index (χ0v) is 17.5. The first-order valence-electron chi connectivity index (χ1n) is 10.3. The minimum atomic E-state index is -0.774. The second-order valence-corrected chi connectivity index (χ2v) is 7.74. The van der Waals surface area contributed by atoms with Gasteiger partial charge in [-0.3, -0.25) is 9.48 Å². The maximum atomic E-state index is 13.3. The summed E-state index contributed by atoms with van der Waals surface area (Å²) in [5.74, 6) is -0.360. The van der Waals surface area contributed by atoms with Crippen LogP contribution in [-0.4, -0.2) is 39.3 Å². The summed E-state index contributed by atoms with van der Waals surface area (Å²) in [5.41, 5.74) is 3.80. The number of carbonyl (C=O) groups excluding carboxylic acids is 2. The van der Waals surface area contributed by atoms with Gasteiger partial charge in [-0.25, -0.2) is 9.78 Å². The summed E-state index contributed by atoms with van der Waals surface area (Å²) in [6.45, 7) is 3.88. The van der Waals surface area contributed by atoms with Gasteiger partial charge in [0, 0.05) is 25.1 Å². The molecule has 1 aliphatic carbocycles. The molecular weight excluding hydrogens is 380 g/mol. The van der Waals surface area contributed by atoms with Crippen molar-refractivity contribution in [2.75, 3.05) is 6.61 Å². The number of fused-ring (bicyclic) bond motifs is 1. The van der Waals surface area contributed by atoms with Crippen molar-refractivity contribution in [3.8, 4) is 0 Å². The molecule has 0 bridgehead atoms. The van der Waals surface area contributed by atoms with E-state index in [0.717, 1.165) is 35.2 Å². The number of benzene rings is 1.